The molecule has 2 aromatic rings. The lowest BCUT2D eigenvalue weighted by Crippen LogP contribution is -2.10. The summed E-state index contributed by atoms with van der Waals surface area (Å²) in [4.78, 5) is 18.3. The molecule has 0 spiro atoms. The van der Waals surface area contributed by atoms with Gasteiger partial charge in [-0.1, -0.05) is 6.07 Å². The highest BCUT2D eigenvalue weighted by Gasteiger charge is 2.20. The second kappa shape index (κ2) is 5.59. The molecule has 1 aromatic heterocycles. The van der Waals surface area contributed by atoms with E-state index in [2.05, 4.69) is 15.4 Å². The lowest BCUT2D eigenvalue weighted by molar-refractivity contribution is -0.385. The zero-order valence-electron chi connectivity index (χ0n) is 11.5. The molecule has 9 nitrogen and oxygen atoms in total. The molecule has 0 aliphatic rings. The number of aromatic nitrogens is 2. The quantitative estimate of drug-likeness (QED) is 0.438. The van der Waals surface area contributed by atoms with Crippen molar-refractivity contribution in [2.75, 3.05) is 11.2 Å². The number of hydrazine groups is 1. The first kappa shape index (κ1) is 14.5. The number of ether oxygens (including phenoxy) is 1. The number of nitrogens with two attached hydrogens (primary N) is 2. The number of nitrogen functional groups attached to an aromatic ring is 2. The third-order valence-electron chi connectivity index (χ3n) is 2.67. The van der Waals surface area contributed by atoms with Gasteiger partial charge in [0.2, 0.25) is 17.6 Å². The molecule has 0 amide bonds. The largest absolute Gasteiger partial charge is 0.431 e. The number of rotatable bonds is 4. The topological polar surface area (TPSA) is 142 Å². The van der Waals surface area contributed by atoms with Crippen molar-refractivity contribution in [3.63, 3.8) is 0 Å². The summed E-state index contributed by atoms with van der Waals surface area (Å²) in [6, 6.07) is 4.59. The molecule has 110 valence electrons. The number of aryl methyl sites for hydroxylation is 2. The Hall–Kier alpha value is -2.94. The molecule has 0 fully saturated rings. The Labute approximate surface area is 120 Å². The van der Waals surface area contributed by atoms with Gasteiger partial charge in [0.25, 0.3) is 0 Å². The van der Waals surface area contributed by atoms with Crippen LogP contribution < -0.4 is 21.7 Å². The lowest BCUT2D eigenvalue weighted by atomic mass is 10.1. The van der Waals surface area contributed by atoms with E-state index >= 15 is 0 Å². The number of benzene rings is 1. The molecule has 0 unspecified atom stereocenters. The molecule has 2 rings (SSSR count). The maximum atomic E-state index is 11.1. The minimum absolute atomic E-state index is 0.0607. The van der Waals surface area contributed by atoms with Gasteiger partial charge >= 0.3 is 5.69 Å². The van der Waals surface area contributed by atoms with Crippen LogP contribution in [-0.2, 0) is 0 Å². The van der Waals surface area contributed by atoms with Gasteiger partial charge in [-0.3, -0.25) is 10.1 Å². The minimum Gasteiger partial charge on any atom is -0.431 e. The first-order valence-corrected chi connectivity index (χ1v) is 5.95. The molecule has 21 heavy (non-hydrogen) atoms. The second-order valence-electron chi connectivity index (χ2n) is 4.38. The van der Waals surface area contributed by atoms with Gasteiger partial charge in [0, 0.05) is 12.1 Å². The molecule has 0 aliphatic heterocycles. The van der Waals surface area contributed by atoms with Gasteiger partial charge < -0.3 is 15.9 Å². The molecule has 0 saturated heterocycles. The molecule has 1 heterocycles. The van der Waals surface area contributed by atoms with Crippen LogP contribution in [0.15, 0.2) is 18.2 Å². The third-order valence-corrected chi connectivity index (χ3v) is 2.67. The summed E-state index contributed by atoms with van der Waals surface area (Å²) in [6.45, 7) is 3.48. The second-order valence-corrected chi connectivity index (χ2v) is 4.38. The van der Waals surface area contributed by atoms with Gasteiger partial charge in [0.15, 0.2) is 0 Å². The molecule has 0 saturated carbocycles. The lowest BCUT2D eigenvalue weighted by Gasteiger charge is -2.10. The van der Waals surface area contributed by atoms with Gasteiger partial charge in [0.1, 0.15) is 5.82 Å². The molecule has 5 N–H and O–H groups in total. The smallest absolute Gasteiger partial charge is 0.312 e. The van der Waals surface area contributed by atoms with Gasteiger partial charge in [-0.05, 0) is 25.0 Å². The fourth-order valence-corrected chi connectivity index (χ4v) is 1.87. The molecule has 1 aromatic carbocycles. The highest BCUT2D eigenvalue weighted by molar-refractivity contribution is 5.55. The summed E-state index contributed by atoms with van der Waals surface area (Å²) in [5.41, 5.74) is 9.06. The molecular weight excluding hydrogens is 276 g/mol. The Balaban J connectivity index is 2.48. The maximum absolute atomic E-state index is 11.1. The summed E-state index contributed by atoms with van der Waals surface area (Å²) in [5, 5.41) is 11.1. The Morgan fingerprint density at radius 3 is 2.62 bits per heavy atom. The Morgan fingerprint density at radius 2 is 2.00 bits per heavy atom. The van der Waals surface area contributed by atoms with E-state index in [1.165, 1.54) is 12.1 Å². The van der Waals surface area contributed by atoms with Crippen molar-refractivity contribution in [2.45, 2.75) is 13.8 Å². The number of hydrogen-bond donors (Lipinski definition) is 3. The van der Waals surface area contributed by atoms with E-state index in [-0.39, 0.29) is 29.1 Å². The van der Waals surface area contributed by atoms with Crippen LogP contribution in [0.1, 0.15) is 11.1 Å². The van der Waals surface area contributed by atoms with E-state index in [9.17, 15) is 10.1 Å². The molecule has 0 atom stereocenters. The zero-order chi connectivity index (χ0) is 15.6. The average molecular weight is 290 g/mol. The standard InChI is InChI=1S/C12H14N6O3/c1-6-3-7(2)11(8(4-6)18(19)20)21-10-5-9(17-14)15-12(13)16-10/h3-5H,14H2,1-2H3,(H3,13,15,16,17). The summed E-state index contributed by atoms with van der Waals surface area (Å²) < 4.78 is 5.51. The maximum Gasteiger partial charge on any atom is 0.312 e. The first-order valence-electron chi connectivity index (χ1n) is 5.95. The van der Waals surface area contributed by atoms with E-state index in [1.54, 1.807) is 19.9 Å². The van der Waals surface area contributed by atoms with Crippen molar-refractivity contribution in [2.24, 2.45) is 5.84 Å². The fourth-order valence-electron chi connectivity index (χ4n) is 1.87. The minimum atomic E-state index is -0.512. The Morgan fingerprint density at radius 1 is 1.29 bits per heavy atom. The van der Waals surface area contributed by atoms with Gasteiger partial charge in [-0.25, -0.2) is 5.84 Å². The van der Waals surface area contributed by atoms with Crippen molar-refractivity contribution >= 4 is 17.5 Å². The van der Waals surface area contributed by atoms with E-state index in [1.807, 2.05) is 0 Å². The van der Waals surface area contributed by atoms with Crippen LogP contribution in [0.5, 0.6) is 11.6 Å². The highest BCUT2D eigenvalue weighted by Crippen LogP contribution is 2.35. The average Bonchev–Trinajstić information content (AvgIpc) is 2.40. The SMILES string of the molecule is Cc1cc(C)c(Oc2cc(NN)nc(N)n2)c([N+](=O)[O-])c1. The van der Waals surface area contributed by atoms with E-state index in [0.29, 0.717) is 5.56 Å². The Bertz CT molecular complexity index is 704. The number of anilines is 2. The number of hydrogen-bond acceptors (Lipinski definition) is 8. The van der Waals surface area contributed by atoms with Crippen LogP contribution in [0.4, 0.5) is 17.5 Å². The Kier molecular flexibility index (Phi) is 3.85. The fraction of sp³-hybridized carbons (Fsp3) is 0.167. The van der Waals surface area contributed by atoms with E-state index in [0.717, 1.165) is 5.56 Å². The van der Waals surface area contributed by atoms with Crippen LogP contribution in [0.25, 0.3) is 0 Å². The summed E-state index contributed by atoms with van der Waals surface area (Å²) in [6.07, 6.45) is 0. The van der Waals surface area contributed by atoms with Crippen molar-refractivity contribution in [3.8, 4) is 11.6 Å². The monoisotopic (exact) mass is 290 g/mol. The van der Waals surface area contributed by atoms with Crippen LogP contribution in [0.2, 0.25) is 0 Å². The van der Waals surface area contributed by atoms with Crippen molar-refractivity contribution in [1.29, 1.82) is 0 Å². The van der Waals surface area contributed by atoms with Crippen molar-refractivity contribution in [3.05, 3.63) is 39.4 Å². The predicted molar refractivity (Wildman–Crippen MR) is 76.9 cm³/mol. The number of nitro benzene ring substituents is 1. The van der Waals surface area contributed by atoms with E-state index < -0.39 is 4.92 Å². The molecule has 0 bridgehead atoms. The van der Waals surface area contributed by atoms with Crippen LogP contribution in [0, 0.1) is 24.0 Å². The summed E-state index contributed by atoms with van der Waals surface area (Å²) >= 11 is 0. The van der Waals surface area contributed by atoms with E-state index in [4.69, 9.17) is 16.3 Å². The van der Waals surface area contributed by atoms with Gasteiger partial charge in [-0.2, -0.15) is 9.97 Å². The summed E-state index contributed by atoms with van der Waals surface area (Å²) in [5.74, 6) is 5.59. The first-order chi connectivity index (χ1) is 9.90. The van der Waals surface area contributed by atoms with Gasteiger partial charge in [-0.15, -0.1) is 0 Å². The van der Waals surface area contributed by atoms with Crippen molar-refractivity contribution in [1.82, 2.24) is 9.97 Å². The zero-order valence-corrected chi connectivity index (χ0v) is 11.5. The molecule has 0 aliphatic carbocycles. The van der Waals surface area contributed by atoms with Crippen LogP contribution >= 0.6 is 0 Å². The number of nitrogens with zero attached hydrogens (tertiary/aromatic N) is 3. The molecule has 0 radical (unpaired) electrons. The number of nitrogens with one attached hydrogen (secondary N) is 1. The summed E-state index contributed by atoms with van der Waals surface area (Å²) in [7, 11) is 0. The molecule has 9 heteroatoms. The van der Waals surface area contributed by atoms with Crippen LogP contribution in [-0.4, -0.2) is 14.9 Å². The van der Waals surface area contributed by atoms with Gasteiger partial charge in [0.05, 0.1) is 4.92 Å². The number of nitro groups is 1. The third kappa shape index (κ3) is 3.15. The van der Waals surface area contributed by atoms with Crippen molar-refractivity contribution < 1.29 is 9.66 Å². The normalized spacial score (nSPS) is 10.2. The predicted octanol–water partition coefficient (Wildman–Crippen LogP) is 1.66. The van der Waals surface area contributed by atoms with Crippen LogP contribution in [0.3, 0.4) is 0 Å². The highest BCUT2D eigenvalue weighted by atomic mass is 16.6. The molecular formula is C12H14N6O3.